The quantitative estimate of drug-likeness (QED) is 0.368. The van der Waals surface area contributed by atoms with E-state index in [1.807, 2.05) is 84.5 Å². The van der Waals surface area contributed by atoms with Gasteiger partial charge in [0.25, 0.3) is 0 Å². The number of carbonyl (C=O) groups excluding carboxylic acids is 1. The molecule has 0 fully saturated rings. The van der Waals surface area contributed by atoms with E-state index in [9.17, 15) is 4.79 Å². The fourth-order valence-corrected chi connectivity index (χ4v) is 2.97. The van der Waals surface area contributed by atoms with Crippen molar-refractivity contribution in [3.8, 4) is 16.9 Å². The lowest BCUT2D eigenvalue weighted by molar-refractivity contribution is 0.104. The van der Waals surface area contributed by atoms with Crippen LogP contribution in [0.3, 0.4) is 0 Å². The van der Waals surface area contributed by atoms with E-state index in [-0.39, 0.29) is 5.78 Å². The van der Waals surface area contributed by atoms with Crippen molar-refractivity contribution < 1.29 is 4.79 Å². The topological polar surface area (TPSA) is 52.7 Å². The maximum Gasteiger partial charge on any atom is 0.189 e. The lowest BCUT2D eigenvalue weighted by atomic mass is 10.1. The Morgan fingerprint density at radius 1 is 1.00 bits per heavy atom. The summed E-state index contributed by atoms with van der Waals surface area (Å²) in [6.07, 6.45) is 8.70. The monoisotopic (exact) mass is 368 g/mol. The molecule has 28 heavy (non-hydrogen) atoms. The molecule has 0 saturated carbocycles. The molecule has 0 unspecified atom stereocenters. The van der Waals surface area contributed by atoms with Gasteiger partial charge >= 0.3 is 0 Å². The zero-order valence-electron chi connectivity index (χ0n) is 15.6. The first kappa shape index (κ1) is 17.7. The van der Waals surface area contributed by atoms with Crippen molar-refractivity contribution in [2.45, 2.75) is 13.5 Å². The van der Waals surface area contributed by atoms with Crippen LogP contribution in [-0.4, -0.2) is 25.3 Å². The third kappa shape index (κ3) is 3.69. The molecule has 0 aliphatic rings. The average molecular weight is 368 g/mol. The second kappa shape index (κ2) is 7.88. The number of benzene rings is 2. The predicted molar refractivity (Wildman–Crippen MR) is 110 cm³/mol. The molecule has 2 aromatic heterocycles. The number of aryl methyl sites for hydroxylation is 1. The first-order chi connectivity index (χ1) is 13.7. The second-order valence-corrected chi connectivity index (χ2v) is 6.36. The third-order valence-electron chi connectivity index (χ3n) is 4.47. The minimum atomic E-state index is -0.0776. The summed E-state index contributed by atoms with van der Waals surface area (Å²) in [5.41, 5.74) is 4.26. The molecule has 5 nitrogen and oxygen atoms in total. The van der Waals surface area contributed by atoms with Crippen LogP contribution >= 0.6 is 0 Å². The minimum Gasteiger partial charge on any atom is -0.289 e. The van der Waals surface area contributed by atoms with Crippen LogP contribution in [0.5, 0.6) is 0 Å². The van der Waals surface area contributed by atoms with Gasteiger partial charge in [-0.1, -0.05) is 48.5 Å². The molecule has 0 N–H and O–H groups in total. The Bertz CT molecular complexity index is 1110. The summed E-state index contributed by atoms with van der Waals surface area (Å²) < 4.78 is 3.57. The van der Waals surface area contributed by atoms with Crippen LogP contribution in [-0.2, 0) is 6.54 Å². The summed E-state index contributed by atoms with van der Waals surface area (Å²) in [6.45, 7) is 2.72. The number of rotatable bonds is 6. The maximum atomic E-state index is 12.5. The van der Waals surface area contributed by atoms with Gasteiger partial charge in [0.2, 0.25) is 0 Å². The van der Waals surface area contributed by atoms with Crippen LogP contribution in [0.15, 0.2) is 85.3 Å². The fourth-order valence-electron chi connectivity index (χ4n) is 2.97. The molecule has 5 heteroatoms. The summed E-state index contributed by atoms with van der Waals surface area (Å²) in [6, 6.07) is 19.9. The largest absolute Gasteiger partial charge is 0.289 e. The third-order valence-corrected chi connectivity index (χ3v) is 4.47. The lowest BCUT2D eigenvalue weighted by Gasteiger charge is -2.00. The van der Waals surface area contributed by atoms with Crippen molar-refractivity contribution >= 4 is 11.9 Å². The van der Waals surface area contributed by atoms with E-state index in [2.05, 4.69) is 5.10 Å². The van der Waals surface area contributed by atoms with E-state index < -0.39 is 0 Å². The molecule has 4 rings (SSSR count). The molecule has 0 radical (unpaired) electrons. The summed E-state index contributed by atoms with van der Waals surface area (Å²) >= 11 is 0. The van der Waals surface area contributed by atoms with Gasteiger partial charge < -0.3 is 0 Å². The highest BCUT2D eigenvalue weighted by molar-refractivity contribution is 6.06. The number of allylic oxidation sites excluding steroid dienone is 1. The Labute approximate surface area is 163 Å². The minimum absolute atomic E-state index is 0.0776. The lowest BCUT2D eigenvalue weighted by Crippen LogP contribution is -1.94. The molecular weight excluding hydrogens is 348 g/mol. The maximum absolute atomic E-state index is 12.5. The number of aromatic nitrogens is 4. The number of hydrogen-bond acceptors (Lipinski definition) is 3. The van der Waals surface area contributed by atoms with Gasteiger partial charge in [-0.25, -0.2) is 4.68 Å². The number of nitrogens with zero attached hydrogens (tertiary/aromatic N) is 4. The Balaban J connectivity index is 1.70. The Kier molecular flexibility index (Phi) is 4.97. The summed E-state index contributed by atoms with van der Waals surface area (Å²) in [5, 5.41) is 8.92. The van der Waals surface area contributed by atoms with E-state index >= 15 is 0 Å². The zero-order chi connectivity index (χ0) is 19.3. The summed E-state index contributed by atoms with van der Waals surface area (Å²) in [7, 11) is 0. The van der Waals surface area contributed by atoms with Gasteiger partial charge in [-0.05, 0) is 31.2 Å². The van der Waals surface area contributed by atoms with E-state index in [1.165, 1.54) is 0 Å². The molecule has 138 valence electrons. The van der Waals surface area contributed by atoms with E-state index in [1.54, 1.807) is 23.2 Å². The molecule has 0 bridgehead atoms. The molecule has 0 aliphatic carbocycles. The van der Waals surface area contributed by atoms with Crippen molar-refractivity contribution in [3.63, 3.8) is 0 Å². The first-order valence-corrected chi connectivity index (χ1v) is 9.20. The van der Waals surface area contributed by atoms with E-state index in [4.69, 9.17) is 5.10 Å². The number of hydrogen-bond donors (Lipinski definition) is 0. The van der Waals surface area contributed by atoms with Crippen LogP contribution < -0.4 is 0 Å². The van der Waals surface area contributed by atoms with E-state index in [0.717, 1.165) is 29.1 Å². The van der Waals surface area contributed by atoms with Crippen molar-refractivity contribution in [2.75, 3.05) is 0 Å². The van der Waals surface area contributed by atoms with Crippen LogP contribution in [0.2, 0.25) is 0 Å². The van der Waals surface area contributed by atoms with Crippen LogP contribution in [0, 0.1) is 0 Å². The molecule has 0 spiro atoms. The molecule has 2 aromatic carbocycles. The van der Waals surface area contributed by atoms with Gasteiger partial charge in [0.1, 0.15) is 0 Å². The number of para-hydroxylation sites is 1. The van der Waals surface area contributed by atoms with Crippen molar-refractivity contribution in [3.05, 3.63) is 96.5 Å². The molecule has 2 heterocycles. The van der Waals surface area contributed by atoms with E-state index in [0.29, 0.717) is 5.56 Å². The van der Waals surface area contributed by atoms with Gasteiger partial charge in [0.05, 0.1) is 23.1 Å². The second-order valence-electron chi connectivity index (χ2n) is 6.36. The fraction of sp³-hybridized carbons (Fsp3) is 0.0870. The van der Waals surface area contributed by atoms with Crippen LogP contribution in [0.25, 0.3) is 23.0 Å². The smallest absolute Gasteiger partial charge is 0.189 e. The number of ketones is 1. The normalized spacial score (nSPS) is 11.2. The highest BCUT2D eigenvalue weighted by Gasteiger charge is 2.11. The molecule has 0 atom stereocenters. The Morgan fingerprint density at radius 2 is 1.71 bits per heavy atom. The van der Waals surface area contributed by atoms with Crippen molar-refractivity contribution in [1.29, 1.82) is 0 Å². The van der Waals surface area contributed by atoms with Crippen molar-refractivity contribution in [1.82, 2.24) is 19.6 Å². The van der Waals surface area contributed by atoms with Gasteiger partial charge in [0, 0.05) is 30.1 Å². The Hall–Kier alpha value is -3.73. The van der Waals surface area contributed by atoms with Gasteiger partial charge in [-0.2, -0.15) is 10.2 Å². The van der Waals surface area contributed by atoms with Gasteiger partial charge in [-0.15, -0.1) is 0 Å². The zero-order valence-corrected chi connectivity index (χ0v) is 15.6. The standard InChI is InChI=1S/C23H20N4O/c1-2-26-16-20(15-24-26)22(28)14-13-19-17-27(21-11-7-4-8-12-21)25-23(19)18-9-5-3-6-10-18/h3-17H,2H2,1H3/b14-13+. The first-order valence-electron chi connectivity index (χ1n) is 9.20. The Morgan fingerprint density at radius 3 is 2.39 bits per heavy atom. The van der Waals surface area contributed by atoms with Gasteiger partial charge in [0.15, 0.2) is 5.78 Å². The van der Waals surface area contributed by atoms with Crippen LogP contribution in [0.1, 0.15) is 22.8 Å². The highest BCUT2D eigenvalue weighted by Crippen LogP contribution is 2.24. The predicted octanol–water partition coefficient (Wildman–Crippen LogP) is 4.65. The average Bonchev–Trinajstić information content (AvgIpc) is 3.41. The molecular formula is C23H20N4O. The molecule has 4 aromatic rings. The number of carbonyl (C=O) groups is 1. The molecule has 0 saturated heterocycles. The van der Waals surface area contributed by atoms with Crippen molar-refractivity contribution in [2.24, 2.45) is 0 Å². The van der Waals surface area contributed by atoms with Gasteiger partial charge in [-0.3, -0.25) is 9.48 Å². The van der Waals surface area contributed by atoms with Crippen LogP contribution in [0.4, 0.5) is 0 Å². The summed E-state index contributed by atoms with van der Waals surface area (Å²) in [5.74, 6) is -0.0776. The molecule has 0 amide bonds. The SMILES string of the molecule is CCn1cc(C(=O)/C=C/c2cn(-c3ccccc3)nc2-c2ccccc2)cn1. The molecule has 0 aliphatic heterocycles. The highest BCUT2D eigenvalue weighted by atomic mass is 16.1. The summed E-state index contributed by atoms with van der Waals surface area (Å²) in [4.78, 5) is 12.5.